The van der Waals surface area contributed by atoms with Gasteiger partial charge in [0, 0.05) is 10.4 Å². The zero-order valence-electron chi connectivity index (χ0n) is 15.8. The van der Waals surface area contributed by atoms with E-state index in [9.17, 15) is 24.1 Å². The minimum Gasteiger partial charge on any atom is -0.452 e. The Balaban J connectivity index is 1.71. The van der Waals surface area contributed by atoms with Crippen molar-refractivity contribution in [1.29, 1.82) is 0 Å². The van der Waals surface area contributed by atoms with E-state index in [0.29, 0.717) is 11.1 Å². The fourth-order valence-corrected chi connectivity index (χ4v) is 3.71. The van der Waals surface area contributed by atoms with Crippen molar-refractivity contribution in [2.24, 2.45) is 0 Å². The number of ether oxygens (including phenoxy) is 1. The van der Waals surface area contributed by atoms with Gasteiger partial charge in [0.2, 0.25) is 0 Å². The number of rotatable bonds is 7. The number of carbonyl (C=O) groups is 2. The van der Waals surface area contributed by atoms with Crippen LogP contribution in [0.5, 0.6) is 0 Å². The Morgan fingerprint density at radius 2 is 1.90 bits per heavy atom. The van der Waals surface area contributed by atoms with Gasteiger partial charge in [-0.05, 0) is 42.1 Å². The van der Waals surface area contributed by atoms with Gasteiger partial charge in [-0.3, -0.25) is 14.9 Å². The minimum atomic E-state index is -0.963. The molecule has 3 rings (SSSR count). The van der Waals surface area contributed by atoms with Gasteiger partial charge in [-0.2, -0.15) is 0 Å². The summed E-state index contributed by atoms with van der Waals surface area (Å²) in [5.41, 5.74) is 0.396. The van der Waals surface area contributed by atoms with E-state index in [0.717, 1.165) is 4.88 Å². The highest BCUT2D eigenvalue weighted by molar-refractivity contribution is 7.10. The Bertz CT molecular complexity index is 1070. The van der Waals surface area contributed by atoms with Gasteiger partial charge in [0.05, 0.1) is 11.0 Å². The van der Waals surface area contributed by atoms with Gasteiger partial charge in [0.1, 0.15) is 11.4 Å². The van der Waals surface area contributed by atoms with E-state index in [4.69, 9.17) is 4.74 Å². The molecule has 1 N–H and O–H groups in total. The molecule has 0 radical (unpaired) electrons. The van der Waals surface area contributed by atoms with Gasteiger partial charge in [0.15, 0.2) is 6.61 Å². The van der Waals surface area contributed by atoms with Crippen molar-refractivity contribution in [3.8, 4) is 0 Å². The Morgan fingerprint density at radius 1 is 1.17 bits per heavy atom. The van der Waals surface area contributed by atoms with Crippen molar-refractivity contribution in [1.82, 2.24) is 5.32 Å². The molecule has 0 saturated carbocycles. The van der Waals surface area contributed by atoms with Crippen LogP contribution in [0.2, 0.25) is 0 Å². The first-order chi connectivity index (χ1) is 14.4. The molecule has 0 aliphatic carbocycles. The molecule has 0 spiro atoms. The van der Waals surface area contributed by atoms with E-state index in [2.05, 4.69) is 5.32 Å². The van der Waals surface area contributed by atoms with Crippen molar-refractivity contribution in [3.05, 3.63) is 97.5 Å². The molecule has 30 heavy (non-hydrogen) atoms. The molecule has 3 aromatic rings. The van der Waals surface area contributed by atoms with E-state index >= 15 is 0 Å². The van der Waals surface area contributed by atoms with E-state index in [-0.39, 0.29) is 11.3 Å². The molecule has 9 heteroatoms. The van der Waals surface area contributed by atoms with Gasteiger partial charge in [-0.15, -0.1) is 11.3 Å². The first kappa shape index (κ1) is 21.1. The van der Waals surface area contributed by atoms with Crippen LogP contribution in [0.4, 0.5) is 10.1 Å². The summed E-state index contributed by atoms with van der Waals surface area (Å²) in [5.74, 6) is -1.96. The van der Waals surface area contributed by atoms with Crippen LogP contribution >= 0.6 is 11.3 Å². The Labute approximate surface area is 175 Å². The number of hydrogen-bond donors (Lipinski definition) is 1. The van der Waals surface area contributed by atoms with E-state index in [1.54, 1.807) is 12.1 Å². The summed E-state index contributed by atoms with van der Waals surface area (Å²) in [5, 5.41) is 15.8. The number of hydrogen-bond acceptors (Lipinski definition) is 6. The van der Waals surface area contributed by atoms with Crippen LogP contribution in [0.1, 0.15) is 32.4 Å². The number of aryl methyl sites for hydroxylation is 1. The van der Waals surface area contributed by atoms with Gasteiger partial charge in [-0.1, -0.05) is 30.3 Å². The van der Waals surface area contributed by atoms with Crippen LogP contribution in [0, 0.1) is 22.9 Å². The summed E-state index contributed by atoms with van der Waals surface area (Å²) in [6, 6.07) is 13.1. The number of nitrogens with one attached hydrogen (secondary N) is 1. The maximum Gasteiger partial charge on any atom is 0.345 e. The second kappa shape index (κ2) is 9.27. The molecule has 0 saturated heterocycles. The van der Waals surface area contributed by atoms with Gasteiger partial charge in [-0.25, -0.2) is 9.18 Å². The molecular formula is C21H17FN2O5S. The molecule has 1 heterocycles. The number of esters is 1. The Kier molecular flexibility index (Phi) is 6.53. The number of thiophene rings is 1. The number of nitro groups is 1. The molecule has 1 unspecified atom stereocenters. The molecule has 1 amide bonds. The Hall–Kier alpha value is -3.59. The van der Waals surface area contributed by atoms with Crippen molar-refractivity contribution >= 4 is 28.9 Å². The normalized spacial score (nSPS) is 11.5. The van der Waals surface area contributed by atoms with Crippen LogP contribution in [-0.4, -0.2) is 23.4 Å². The van der Waals surface area contributed by atoms with Gasteiger partial charge < -0.3 is 10.1 Å². The maximum absolute atomic E-state index is 13.3. The average molecular weight is 428 g/mol. The number of nitrogens with zero attached hydrogens (tertiary/aromatic N) is 1. The lowest BCUT2D eigenvalue weighted by molar-refractivity contribution is -0.385. The quantitative estimate of drug-likeness (QED) is 0.346. The predicted molar refractivity (Wildman–Crippen MR) is 109 cm³/mol. The first-order valence-electron chi connectivity index (χ1n) is 8.86. The summed E-state index contributed by atoms with van der Waals surface area (Å²) in [4.78, 5) is 36.1. The van der Waals surface area contributed by atoms with Crippen LogP contribution in [0.25, 0.3) is 0 Å². The van der Waals surface area contributed by atoms with Crippen LogP contribution in [-0.2, 0) is 9.53 Å². The molecule has 0 aliphatic heterocycles. The molecule has 7 nitrogen and oxygen atoms in total. The highest BCUT2D eigenvalue weighted by Gasteiger charge is 2.25. The van der Waals surface area contributed by atoms with Crippen LogP contribution in [0.15, 0.2) is 60.0 Å². The van der Waals surface area contributed by atoms with E-state index < -0.39 is 35.3 Å². The number of nitro benzene ring substituents is 1. The average Bonchev–Trinajstić information content (AvgIpc) is 3.25. The van der Waals surface area contributed by atoms with Gasteiger partial charge >= 0.3 is 5.97 Å². The highest BCUT2D eigenvalue weighted by Crippen LogP contribution is 2.26. The smallest absolute Gasteiger partial charge is 0.345 e. The third-order valence-electron chi connectivity index (χ3n) is 4.31. The lowest BCUT2D eigenvalue weighted by atomic mass is 10.1. The molecular weight excluding hydrogens is 411 g/mol. The van der Waals surface area contributed by atoms with Crippen molar-refractivity contribution < 1.29 is 23.6 Å². The number of amides is 1. The standard InChI is InChI=1S/C21H17FN2O5S/c1-13-4-2-5-16(20(13)24(27)28)21(26)29-12-18(25)23-19(17-6-3-11-30-17)14-7-9-15(22)10-8-14/h2-11,19H,12H2,1H3,(H,23,25). The SMILES string of the molecule is Cc1cccc(C(=O)OCC(=O)NC(c2ccc(F)cc2)c2cccs2)c1[N+](=O)[O-]. The van der Waals surface area contributed by atoms with E-state index in [1.165, 1.54) is 48.6 Å². The molecule has 154 valence electrons. The fourth-order valence-electron chi connectivity index (χ4n) is 2.91. The lowest BCUT2D eigenvalue weighted by Crippen LogP contribution is -2.32. The molecule has 0 fully saturated rings. The minimum absolute atomic E-state index is 0.221. The highest BCUT2D eigenvalue weighted by atomic mass is 32.1. The summed E-state index contributed by atoms with van der Waals surface area (Å²) in [6.45, 7) is 0.892. The number of para-hydroxylation sites is 1. The summed E-state index contributed by atoms with van der Waals surface area (Å²) in [6.07, 6.45) is 0. The molecule has 0 aliphatic rings. The summed E-state index contributed by atoms with van der Waals surface area (Å²) in [7, 11) is 0. The zero-order chi connectivity index (χ0) is 21.7. The number of halogens is 1. The second-order valence-electron chi connectivity index (χ2n) is 6.37. The monoisotopic (exact) mass is 428 g/mol. The zero-order valence-corrected chi connectivity index (χ0v) is 16.6. The molecule has 2 aromatic carbocycles. The van der Waals surface area contributed by atoms with Crippen LogP contribution in [0.3, 0.4) is 0 Å². The van der Waals surface area contributed by atoms with Crippen molar-refractivity contribution in [3.63, 3.8) is 0 Å². The predicted octanol–water partition coefficient (Wildman–Crippen LogP) is 4.17. The fraction of sp³-hybridized carbons (Fsp3) is 0.143. The second-order valence-corrected chi connectivity index (χ2v) is 7.35. The Morgan fingerprint density at radius 3 is 2.53 bits per heavy atom. The first-order valence-corrected chi connectivity index (χ1v) is 9.74. The summed E-state index contributed by atoms with van der Waals surface area (Å²) < 4.78 is 18.3. The largest absolute Gasteiger partial charge is 0.452 e. The lowest BCUT2D eigenvalue weighted by Gasteiger charge is -2.18. The number of carbonyl (C=O) groups excluding carboxylic acids is 2. The molecule has 1 atom stereocenters. The van der Waals surface area contributed by atoms with Crippen molar-refractivity contribution in [2.75, 3.05) is 6.61 Å². The van der Waals surface area contributed by atoms with E-state index in [1.807, 2.05) is 17.5 Å². The summed E-state index contributed by atoms with van der Waals surface area (Å²) >= 11 is 1.41. The molecule has 1 aromatic heterocycles. The van der Waals surface area contributed by atoms with Crippen molar-refractivity contribution in [2.45, 2.75) is 13.0 Å². The topological polar surface area (TPSA) is 98.5 Å². The molecule has 0 bridgehead atoms. The third kappa shape index (κ3) is 4.87. The van der Waals surface area contributed by atoms with Crippen LogP contribution < -0.4 is 5.32 Å². The maximum atomic E-state index is 13.3. The third-order valence-corrected chi connectivity index (χ3v) is 5.25. The van der Waals surface area contributed by atoms with Gasteiger partial charge in [0.25, 0.3) is 11.6 Å². The number of benzene rings is 2.